The van der Waals surface area contributed by atoms with Crippen LogP contribution in [0.15, 0.2) is 33.8 Å². The van der Waals surface area contributed by atoms with Crippen molar-refractivity contribution in [2.24, 2.45) is 0 Å². The van der Waals surface area contributed by atoms with Gasteiger partial charge >= 0.3 is 0 Å². The first-order chi connectivity index (χ1) is 12.1. The van der Waals surface area contributed by atoms with Crippen LogP contribution in [0.25, 0.3) is 5.65 Å². The third-order valence-corrected chi connectivity index (χ3v) is 5.43. The van der Waals surface area contributed by atoms with Crippen molar-refractivity contribution in [3.63, 3.8) is 0 Å². The van der Waals surface area contributed by atoms with Crippen molar-refractivity contribution in [2.45, 2.75) is 38.6 Å². The lowest BCUT2D eigenvalue weighted by Gasteiger charge is -2.35. The summed E-state index contributed by atoms with van der Waals surface area (Å²) < 4.78 is 1.44. The first-order valence-electron chi connectivity index (χ1n) is 8.52. The van der Waals surface area contributed by atoms with Crippen LogP contribution in [0.3, 0.4) is 0 Å². The van der Waals surface area contributed by atoms with E-state index in [1.807, 2.05) is 34.7 Å². The van der Waals surface area contributed by atoms with Crippen LogP contribution < -0.4 is 5.56 Å². The molecule has 1 saturated heterocycles. The van der Waals surface area contributed by atoms with Gasteiger partial charge in [0.15, 0.2) is 5.65 Å². The van der Waals surface area contributed by atoms with E-state index < -0.39 is 0 Å². The maximum absolute atomic E-state index is 12.8. The number of nitrogens with one attached hydrogen (secondary N) is 1. The van der Waals surface area contributed by atoms with Crippen LogP contribution in [-0.4, -0.2) is 31.9 Å². The van der Waals surface area contributed by atoms with Gasteiger partial charge in [-0.25, -0.2) is 9.50 Å². The molecule has 1 aliphatic heterocycles. The summed E-state index contributed by atoms with van der Waals surface area (Å²) in [5, 5.41) is 6.98. The molecule has 0 radical (unpaired) electrons. The molecule has 3 aromatic rings. The van der Waals surface area contributed by atoms with E-state index in [4.69, 9.17) is 0 Å². The van der Waals surface area contributed by atoms with E-state index in [-0.39, 0.29) is 17.5 Å². The number of carbonyl (C=O) groups excluding carboxylic acids is 1. The molecule has 6 nitrogen and oxygen atoms in total. The lowest BCUT2D eigenvalue weighted by atomic mass is 9.98. The third kappa shape index (κ3) is 3.11. The van der Waals surface area contributed by atoms with Gasteiger partial charge in [-0.15, -0.1) is 0 Å². The standard InChI is InChI=1S/C18H20N4O2S/c1-12-8-16-19-14(10-18(24)22(16)20-12)15-4-2-3-6-21(15)17(23)9-13-5-7-25-11-13/h5,7-8,10-11,15,20H,2-4,6,9H2,1H3/t15-/m1/s1. The zero-order valence-electron chi connectivity index (χ0n) is 14.1. The highest BCUT2D eigenvalue weighted by atomic mass is 32.1. The van der Waals surface area contributed by atoms with Crippen LogP contribution >= 0.6 is 11.3 Å². The van der Waals surface area contributed by atoms with Gasteiger partial charge < -0.3 is 4.90 Å². The van der Waals surface area contributed by atoms with Crippen molar-refractivity contribution in [1.29, 1.82) is 0 Å². The van der Waals surface area contributed by atoms with Crippen molar-refractivity contribution >= 4 is 22.9 Å². The average Bonchev–Trinajstić information content (AvgIpc) is 3.23. The molecular weight excluding hydrogens is 336 g/mol. The molecule has 3 aromatic heterocycles. The Balaban J connectivity index is 1.66. The molecule has 1 amide bonds. The fourth-order valence-electron chi connectivity index (χ4n) is 3.51. The van der Waals surface area contributed by atoms with Gasteiger partial charge in [0, 0.05) is 24.4 Å². The van der Waals surface area contributed by atoms with Gasteiger partial charge in [-0.1, -0.05) is 0 Å². The summed E-state index contributed by atoms with van der Waals surface area (Å²) in [4.78, 5) is 31.7. The molecular formula is C18H20N4O2S. The van der Waals surface area contributed by atoms with Gasteiger partial charge in [0.1, 0.15) is 0 Å². The number of aromatic nitrogens is 3. The summed E-state index contributed by atoms with van der Waals surface area (Å²) in [6.07, 6.45) is 3.29. The SMILES string of the molecule is Cc1cc2nc([C@H]3CCCCN3C(=O)Cc3ccsc3)cc(=O)n2[nH]1. The normalized spacial score (nSPS) is 18.0. The number of nitrogens with zero attached hydrogens (tertiary/aromatic N) is 3. The number of fused-ring (bicyclic) bond motifs is 1. The molecule has 0 bridgehead atoms. The minimum atomic E-state index is -0.135. The van der Waals surface area contributed by atoms with E-state index in [1.165, 1.54) is 4.52 Å². The summed E-state index contributed by atoms with van der Waals surface area (Å²) >= 11 is 1.60. The van der Waals surface area contributed by atoms with E-state index in [9.17, 15) is 9.59 Å². The monoisotopic (exact) mass is 356 g/mol. The van der Waals surface area contributed by atoms with Crippen molar-refractivity contribution in [3.8, 4) is 0 Å². The molecule has 1 N–H and O–H groups in total. The molecule has 0 aromatic carbocycles. The second-order valence-electron chi connectivity index (χ2n) is 6.56. The highest BCUT2D eigenvalue weighted by molar-refractivity contribution is 7.08. The number of thiophene rings is 1. The van der Waals surface area contributed by atoms with Gasteiger partial charge in [0.25, 0.3) is 5.56 Å². The summed E-state index contributed by atoms with van der Waals surface area (Å²) in [6.45, 7) is 2.62. The Morgan fingerprint density at radius 2 is 2.28 bits per heavy atom. The highest BCUT2D eigenvalue weighted by Gasteiger charge is 2.29. The number of carbonyl (C=O) groups is 1. The lowest BCUT2D eigenvalue weighted by Crippen LogP contribution is -2.40. The molecule has 1 aliphatic rings. The number of piperidine rings is 1. The van der Waals surface area contributed by atoms with Crippen molar-refractivity contribution in [3.05, 3.63) is 56.3 Å². The van der Waals surface area contributed by atoms with E-state index in [0.717, 1.165) is 37.1 Å². The largest absolute Gasteiger partial charge is 0.334 e. The predicted molar refractivity (Wildman–Crippen MR) is 96.9 cm³/mol. The maximum atomic E-state index is 12.8. The smallest absolute Gasteiger partial charge is 0.272 e. The Hall–Kier alpha value is -2.41. The van der Waals surface area contributed by atoms with Crippen molar-refractivity contribution in [1.82, 2.24) is 19.5 Å². The van der Waals surface area contributed by atoms with Crippen molar-refractivity contribution < 1.29 is 4.79 Å². The summed E-state index contributed by atoms with van der Waals surface area (Å²) in [5.74, 6) is 0.107. The van der Waals surface area contributed by atoms with Crippen LogP contribution in [-0.2, 0) is 11.2 Å². The van der Waals surface area contributed by atoms with E-state index in [1.54, 1.807) is 17.4 Å². The number of likely N-dealkylation sites (tertiary alicyclic amines) is 1. The molecule has 25 heavy (non-hydrogen) atoms. The first kappa shape index (κ1) is 16.1. The van der Waals surface area contributed by atoms with Gasteiger partial charge in [0.2, 0.25) is 5.91 Å². The highest BCUT2D eigenvalue weighted by Crippen LogP contribution is 2.30. The van der Waals surface area contributed by atoms with E-state index >= 15 is 0 Å². The minimum absolute atomic E-state index is 0.107. The van der Waals surface area contributed by atoms with Gasteiger partial charge in [-0.2, -0.15) is 11.3 Å². The molecule has 0 aliphatic carbocycles. The molecule has 0 unspecified atom stereocenters. The number of aryl methyl sites for hydroxylation is 1. The zero-order valence-corrected chi connectivity index (χ0v) is 14.9. The maximum Gasteiger partial charge on any atom is 0.272 e. The first-order valence-corrected chi connectivity index (χ1v) is 9.46. The number of hydrogen-bond donors (Lipinski definition) is 1. The topological polar surface area (TPSA) is 70.5 Å². The molecule has 7 heteroatoms. The molecule has 4 heterocycles. The molecule has 1 atom stereocenters. The quantitative estimate of drug-likeness (QED) is 0.784. The van der Waals surface area contributed by atoms with Crippen LogP contribution in [0.1, 0.15) is 42.3 Å². The van der Waals surface area contributed by atoms with Gasteiger partial charge in [-0.05, 0) is 48.6 Å². The zero-order chi connectivity index (χ0) is 17.4. The molecule has 130 valence electrons. The fourth-order valence-corrected chi connectivity index (χ4v) is 4.18. The van der Waals surface area contributed by atoms with Crippen molar-refractivity contribution in [2.75, 3.05) is 6.54 Å². The molecule has 1 fully saturated rings. The third-order valence-electron chi connectivity index (χ3n) is 4.70. The van der Waals surface area contributed by atoms with E-state index in [2.05, 4.69) is 10.1 Å². The fraction of sp³-hybridized carbons (Fsp3) is 0.389. The second kappa shape index (κ2) is 6.48. The lowest BCUT2D eigenvalue weighted by molar-refractivity contribution is -0.134. The summed E-state index contributed by atoms with van der Waals surface area (Å²) in [6, 6.07) is 5.28. The van der Waals surface area contributed by atoms with Crippen LogP contribution in [0.2, 0.25) is 0 Å². The Morgan fingerprint density at radius 1 is 1.40 bits per heavy atom. The Kier molecular flexibility index (Phi) is 4.17. The number of amides is 1. The number of hydrogen-bond acceptors (Lipinski definition) is 4. The summed E-state index contributed by atoms with van der Waals surface area (Å²) in [7, 11) is 0. The molecule has 0 spiro atoms. The summed E-state index contributed by atoms with van der Waals surface area (Å²) in [5.41, 5.74) is 3.10. The van der Waals surface area contributed by atoms with Crippen LogP contribution in [0.4, 0.5) is 0 Å². The molecule has 4 rings (SSSR count). The predicted octanol–water partition coefficient (Wildman–Crippen LogP) is 2.69. The Bertz CT molecular complexity index is 957. The Morgan fingerprint density at radius 3 is 3.08 bits per heavy atom. The average molecular weight is 356 g/mol. The minimum Gasteiger partial charge on any atom is -0.334 e. The second-order valence-corrected chi connectivity index (χ2v) is 7.34. The molecule has 0 saturated carbocycles. The number of rotatable bonds is 3. The van der Waals surface area contributed by atoms with Crippen LogP contribution in [0, 0.1) is 6.92 Å². The van der Waals surface area contributed by atoms with Gasteiger partial charge in [0.05, 0.1) is 18.2 Å². The number of aromatic amines is 1. The van der Waals surface area contributed by atoms with Crippen LogP contribution in [0.5, 0.6) is 0 Å². The van der Waals surface area contributed by atoms with E-state index in [0.29, 0.717) is 17.8 Å². The Labute approximate surface area is 149 Å². The number of H-pyrrole nitrogens is 1. The van der Waals surface area contributed by atoms with Gasteiger partial charge in [-0.3, -0.25) is 14.7 Å².